The maximum Gasteiger partial charge on any atom is 0.122 e. The van der Waals surface area contributed by atoms with Gasteiger partial charge in [0.05, 0.1) is 7.11 Å². The highest BCUT2D eigenvalue weighted by Crippen LogP contribution is 2.24. The topological polar surface area (TPSA) is 24.5 Å². The van der Waals surface area contributed by atoms with Crippen molar-refractivity contribution in [1.82, 2.24) is 10.2 Å². The minimum Gasteiger partial charge on any atom is -0.496 e. The van der Waals surface area contributed by atoms with Crippen molar-refractivity contribution in [2.24, 2.45) is 0 Å². The van der Waals surface area contributed by atoms with Crippen molar-refractivity contribution >= 4 is 0 Å². The maximum absolute atomic E-state index is 5.46. The van der Waals surface area contributed by atoms with Gasteiger partial charge in [-0.3, -0.25) is 0 Å². The standard InChI is InChI=1S/C16H28N2O/c1-7-17-15(16(2,3)18(4)5)12-13-10-8-9-11-14(13)19-6/h8-11,15,17H,7,12H2,1-6H3. The van der Waals surface area contributed by atoms with Gasteiger partial charge < -0.3 is 15.0 Å². The zero-order chi connectivity index (χ0) is 14.5. The van der Waals surface area contributed by atoms with E-state index in [1.165, 1.54) is 5.56 Å². The molecule has 3 nitrogen and oxygen atoms in total. The molecule has 108 valence electrons. The summed E-state index contributed by atoms with van der Waals surface area (Å²) in [6.07, 6.45) is 0.961. The van der Waals surface area contributed by atoms with Crippen LogP contribution >= 0.6 is 0 Å². The van der Waals surface area contributed by atoms with Crippen molar-refractivity contribution < 1.29 is 4.74 Å². The Kier molecular flexibility index (Phi) is 5.83. The van der Waals surface area contributed by atoms with Crippen LogP contribution < -0.4 is 10.1 Å². The Balaban J connectivity index is 2.96. The van der Waals surface area contributed by atoms with Crippen molar-refractivity contribution in [3.8, 4) is 5.75 Å². The molecule has 0 aliphatic heterocycles. The Labute approximate surface area is 118 Å². The minimum atomic E-state index is 0.0802. The first-order chi connectivity index (χ1) is 8.93. The molecule has 3 heteroatoms. The van der Waals surface area contributed by atoms with E-state index >= 15 is 0 Å². The molecule has 0 amide bonds. The van der Waals surface area contributed by atoms with E-state index in [1.54, 1.807) is 7.11 Å². The predicted octanol–water partition coefficient (Wildman–Crippen LogP) is 2.56. The molecular weight excluding hydrogens is 236 g/mol. The number of para-hydroxylation sites is 1. The molecule has 1 aromatic carbocycles. The van der Waals surface area contributed by atoms with Crippen LogP contribution in [0.1, 0.15) is 26.3 Å². The molecule has 0 saturated heterocycles. The average molecular weight is 264 g/mol. The van der Waals surface area contributed by atoms with Crippen molar-refractivity contribution in [2.75, 3.05) is 27.7 Å². The molecule has 0 heterocycles. The Morgan fingerprint density at radius 3 is 2.42 bits per heavy atom. The minimum absolute atomic E-state index is 0.0802. The van der Waals surface area contributed by atoms with Gasteiger partial charge in [-0.15, -0.1) is 0 Å². The number of rotatable bonds is 7. The van der Waals surface area contributed by atoms with Crippen LogP contribution in [0.3, 0.4) is 0 Å². The second-order valence-electron chi connectivity index (χ2n) is 5.67. The van der Waals surface area contributed by atoms with Gasteiger partial charge in [-0.25, -0.2) is 0 Å². The lowest BCUT2D eigenvalue weighted by molar-refractivity contribution is 0.137. The molecule has 0 saturated carbocycles. The SMILES string of the molecule is CCNC(Cc1ccccc1OC)C(C)(C)N(C)C. The van der Waals surface area contributed by atoms with E-state index in [9.17, 15) is 0 Å². The van der Waals surface area contributed by atoms with E-state index in [0.717, 1.165) is 18.7 Å². The van der Waals surface area contributed by atoms with Gasteiger partial charge in [-0.2, -0.15) is 0 Å². The van der Waals surface area contributed by atoms with Gasteiger partial charge >= 0.3 is 0 Å². The lowest BCUT2D eigenvalue weighted by atomic mass is 9.88. The maximum atomic E-state index is 5.46. The summed E-state index contributed by atoms with van der Waals surface area (Å²) in [7, 11) is 6.00. The third-order valence-corrected chi connectivity index (χ3v) is 4.07. The summed E-state index contributed by atoms with van der Waals surface area (Å²) < 4.78 is 5.46. The Morgan fingerprint density at radius 1 is 1.26 bits per heavy atom. The lowest BCUT2D eigenvalue weighted by Gasteiger charge is -2.41. The summed E-state index contributed by atoms with van der Waals surface area (Å²) in [4.78, 5) is 2.27. The van der Waals surface area contributed by atoms with Crippen LogP contribution in [0.15, 0.2) is 24.3 Å². The highest BCUT2D eigenvalue weighted by Gasteiger charge is 2.31. The summed E-state index contributed by atoms with van der Waals surface area (Å²) in [5.41, 5.74) is 1.34. The highest BCUT2D eigenvalue weighted by atomic mass is 16.5. The summed E-state index contributed by atoms with van der Waals surface area (Å²) in [5.74, 6) is 0.972. The van der Waals surface area contributed by atoms with Crippen molar-refractivity contribution in [3.63, 3.8) is 0 Å². The lowest BCUT2D eigenvalue weighted by Crippen LogP contribution is -2.56. The molecule has 19 heavy (non-hydrogen) atoms. The molecule has 1 rings (SSSR count). The van der Waals surface area contributed by atoms with E-state index in [1.807, 2.05) is 12.1 Å². The van der Waals surface area contributed by atoms with E-state index in [4.69, 9.17) is 4.74 Å². The van der Waals surface area contributed by atoms with E-state index < -0.39 is 0 Å². The molecule has 0 aliphatic rings. The highest BCUT2D eigenvalue weighted by molar-refractivity contribution is 5.34. The van der Waals surface area contributed by atoms with Crippen LogP contribution in [0.5, 0.6) is 5.75 Å². The zero-order valence-electron chi connectivity index (χ0n) is 13.2. The first-order valence-electron chi connectivity index (χ1n) is 6.96. The fourth-order valence-corrected chi connectivity index (χ4v) is 2.22. The molecular formula is C16H28N2O. The Hall–Kier alpha value is -1.06. The largest absolute Gasteiger partial charge is 0.496 e. The van der Waals surface area contributed by atoms with Crippen molar-refractivity contribution in [3.05, 3.63) is 29.8 Å². The monoisotopic (exact) mass is 264 g/mol. The summed E-state index contributed by atoms with van der Waals surface area (Å²) >= 11 is 0. The molecule has 1 unspecified atom stereocenters. The first kappa shape index (κ1) is 16.0. The van der Waals surface area contributed by atoms with Crippen LogP contribution in [0, 0.1) is 0 Å². The van der Waals surface area contributed by atoms with Gasteiger partial charge in [0.15, 0.2) is 0 Å². The normalized spacial score (nSPS) is 13.6. The van der Waals surface area contributed by atoms with Crippen molar-refractivity contribution in [2.45, 2.75) is 38.8 Å². The second-order valence-corrected chi connectivity index (χ2v) is 5.67. The average Bonchev–Trinajstić information content (AvgIpc) is 2.38. The third-order valence-electron chi connectivity index (χ3n) is 4.07. The van der Waals surface area contributed by atoms with Gasteiger partial charge in [0.25, 0.3) is 0 Å². The number of nitrogens with zero attached hydrogens (tertiary/aromatic N) is 1. The summed E-state index contributed by atoms with van der Waals surface area (Å²) in [6.45, 7) is 7.67. The molecule has 0 radical (unpaired) electrons. The molecule has 1 N–H and O–H groups in total. The Morgan fingerprint density at radius 2 is 1.89 bits per heavy atom. The molecule has 0 bridgehead atoms. The van der Waals surface area contributed by atoms with Crippen LogP contribution in [0.2, 0.25) is 0 Å². The molecule has 1 atom stereocenters. The van der Waals surface area contributed by atoms with Crippen LogP contribution in [0.4, 0.5) is 0 Å². The van der Waals surface area contributed by atoms with Crippen LogP contribution in [0.25, 0.3) is 0 Å². The van der Waals surface area contributed by atoms with Gasteiger partial charge in [0.2, 0.25) is 0 Å². The summed E-state index contributed by atoms with van der Waals surface area (Å²) in [6, 6.07) is 8.64. The van der Waals surface area contributed by atoms with E-state index in [0.29, 0.717) is 6.04 Å². The van der Waals surface area contributed by atoms with Crippen LogP contribution in [-0.2, 0) is 6.42 Å². The second kappa shape index (κ2) is 6.92. The van der Waals surface area contributed by atoms with Gasteiger partial charge in [-0.05, 0) is 52.5 Å². The fraction of sp³-hybridized carbons (Fsp3) is 0.625. The van der Waals surface area contributed by atoms with Gasteiger partial charge in [0, 0.05) is 11.6 Å². The number of methoxy groups -OCH3 is 1. The fourth-order valence-electron chi connectivity index (χ4n) is 2.22. The zero-order valence-corrected chi connectivity index (χ0v) is 13.2. The summed E-state index contributed by atoms with van der Waals surface area (Å²) in [5, 5.41) is 3.61. The number of nitrogens with one attached hydrogen (secondary N) is 1. The van der Waals surface area contributed by atoms with E-state index in [2.05, 4.69) is 57.2 Å². The molecule has 1 aromatic rings. The van der Waals surface area contributed by atoms with Crippen LogP contribution in [-0.4, -0.2) is 44.2 Å². The number of hydrogen-bond acceptors (Lipinski definition) is 3. The number of likely N-dealkylation sites (N-methyl/N-ethyl adjacent to an activating group) is 2. The smallest absolute Gasteiger partial charge is 0.122 e. The van der Waals surface area contributed by atoms with Gasteiger partial charge in [-0.1, -0.05) is 25.1 Å². The third kappa shape index (κ3) is 3.95. The molecule has 0 aliphatic carbocycles. The molecule has 0 aromatic heterocycles. The first-order valence-corrected chi connectivity index (χ1v) is 6.96. The number of hydrogen-bond donors (Lipinski definition) is 1. The van der Waals surface area contributed by atoms with Crippen molar-refractivity contribution in [1.29, 1.82) is 0 Å². The predicted molar refractivity (Wildman–Crippen MR) is 81.9 cm³/mol. The van der Waals surface area contributed by atoms with E-state index in [-0.39, 0.29) is 5.54 Å². The van der Waals surface area contributed by atoms with Gasteiger partial charge in [0.1, 0.15) is 5.75 Å². The number of ether oxygens (including phenoxy) is 1. The molecule has 0 spiro atoms. The quantitative estimate of drug-likeness (QED) is 0.819. The number of benzene rings is 1. The Bertz CT molecular complexity index is 388. The molecule has 0 fully saturated rings.